The van der Waals surface area contributed by atoms with Gasteiger partial charge in [0.25, 0.3) is 0 Å². The average Bonchev–Trinajstić information content (AvgIpc) is 1.98. The van der Waals surface area contributed by atoms with Crippen molar-refractivity contribution in [3.63, 3.8) is 0 Å². The van der Waals surface area contributed by atoms with Gasteiger partial charge in [-0.1, -0.05) is 5.92 Å². The molecular formula is C7H12N2O4S. The Bertz CT molecular complexity index is 330. The molecule has 0 aromatic heterocycles. The zero-order valence-corrected chi connectivity index (χ0v) is 8.33. The fraction of sp³-hybridized carbons (Fsp3) is 0.571. The molecule has 80 valence electrons. The highest BCUT2D eigenvalue weighted by atomic mass is 32.2. The van der Waals surface area contributed by atoms with Gasteiger partial charge in [-0.05, 0) is 0 Å². The van der Waals surface area contributed by atoms with Crippen molar-refractivity contribution in [1.29, 1.82) is 0 Å². The third-order valence-corrected chi connectivity index (χ3v) is 2.12. The third kappa shape index (κ3) is 7.54. The Morgan fingerprint density at radius 3 is 2.50 bits per heavy atom. The minimum absolute atomic E-state index is 0.0231. The second-order valence-electron chi connectivity index (χ2n) is 2.68. The lowest BCUT2D eigenvalue weighted by atomic mass is 10.4. The van der Waals surface area contributed by atoms with Gasteiger partial charge in [0.05, 0.1) is 18.8 Å². The van der Waals surface area contributed by atoms with Crippen LogP contribution in [-0.4, -0.2) is 49.8 Å². The summed E-state index contributed by atoms with van der Waals surface area (Å²) in [5, 5.41) is 13.2. The molecule has 0 radical (unpaired) electrons. The molecule has 0 spiro atoms. The lowest BCUT2D eigenvalue weighted by Crippen LogP contribution is -2.35. The van der Waals surface area contributed by atoms with Crippen LogP contribution in [0.5, 0.6) is 0 Å². The van der Waals surface area contributed by atoms with E-state index in [0.717, 1.165) is 0 Å². The van der Waals surface area contributed by atoms with Crippen molar-refractivity contribution in [3.05, 3.63) is 0 Å². The molecule has 0 saturated carbocycles. The van der Waals surface area contributed by atoms with Crippen LogP contribution in [0.2, 0.25) is 0 Å². The highest BCUT2D eigenvalue weighted by Gasteiger charge is 2.11. The van der Waals surface area contributed by atoms with Crippen LogP contribution >= 0.6 is 0 Å². The fourth-order valence-electron chi connectivity index (χ4n) is 0.791. The first-order valence-electron chi connectivity index (χ1n) is 3.73. The molecule has 7 heteroatoms. The minimum Gasteiger partial charge on any atom is -0.480 e. The number of hydrogen-bond acceptors (Lipinski definition) is 4. The van der Waals surface area contributed by atoms with E-state index in [1.807, 2.05) is 0 Å². The van der Waals surface area contributed by atoms with Crippen molar-refractivity contribution in [2.75, 3.05) is 25.4 Å². The summed E-state index contributed by atoms with van der Waals surface area (Å²) in [5.74, 6) is 0.872. The van der Waals surface area contributed by atoms with E-state index in [0.29, 0.717) is 0 Å². The lowest BCUT2D eigenvalue weighted by Gasteiger charge is -2.15. The van der Waals surface area contributed by atoms with Crippen molar-refractivity contribution in [1.82, 2.24) is 4.90 Å². The van der Waals surface area contributed by atoms with Crippen molar-refractivity contribution in [2.45, 2.75) is 0 Å². The molecule has 0 aromatic rings. The number of hydrogen-bond donors (Lipinski definition) is 2. The molecule has 3 N–H and O–H groups in total. The summed E-state index contributed by atoms with van der Waals surface area (Å²) in [7, 11) is -3.58. The van der Waals surface area contributed by atoms with E-state index in [1.54, 1.807) is 0 Å². The summed E-state index contributed by atoms with van der Waals surface area (Å²) in [4.78, 5) is 11.6. The maximum absolute atomic E-state index is 10.6. The zero-order valence-electron chi connectivity index (χ0n) is 7.51. The van der Waals surface area contributed by atoms with Crippen molar-refractivity contribution in [2.24, 2.45) is 5.14 Å². The van der Waals surface area contributed by atoms with Crippen LogP contribution in [0.4, 0.5) is 0 Å². The number of primary sulfonamides is 1. The molecule has 0 fully saturated rings. The van der Waals surface area contributed by atoms with E-state index in [1.165, 1.54) is 4.90 Å². The highest BCUT2D eigenvalue weighted by molar-refractivity contribution is 7.89. The largest absolute Gasteiger partial charge is 0.480 e. The first-order valence-corrected chi connectivity index (χ1v) is 5.45. The number of carboxylic acid groups (broad SMARTS) is 1. The number of rotatable bonds is 6. The minimum atomic E-state index is -3.58. The van der Waals surface area contributed by atoms with Crippen LogP contribution in [0.15, 0.2) is 0 Å². The Morgan fingerprint density at radius 2 is 2.14 bits per heavy atom. The van der Waals surface area contributed by atoms with E-state index in [-0.39, 0.29) is 25.4 Å². The maximum atomic E-state index is 10.6. The number of terminal acetylenes is 1. The Kier molecular flexibility index (Phi) is 5.15. The van der Waals surface area contributed by atoms with Crippen molar-refractivity contribution >= 4 is 16.0 Å². The molecule has 0 amide bonds. The number of sulfonamides is 1. The van der Waals surface area contributed by atoms with Gasteiger partial charge in [0.1, 0.15) is 0 Å². The Labute approximate surface area is 82.7 Å². The molecule has 0 aliphatic rings. The molecule has 0 rings (SSSR count). The summed E-state index contributed by atoms with van der Waals surface area (Å²) < 4.78 is 21.2. The summed E-state index contributed by atoms with van der Waals surface area (Å²) in [6, 6.07) is 0. The zero-order chi connectivity index (χ0) is 11.2. The molecule has 6 nitrogen and oxygen atoms in total. The summed E-state index contributed by atoms with van der Waals surface area (Å²) in [6.45, 7) is -0.184. The Morgan fingerprint density at radius 1 is 1.57 bits per heavy atom. The number of aliphatic carboxylic acids is 1. The van der Waals surface area contributed by atoms with E-state index < -0.39 is 16.0 Å². The second kappa shape index (κ2) is 5.59. The van der Waals surface area contributed by atoms with Crippen LogP contribution in [0, 0.1) is 12.3 Å². The molecule has 0 aromatic carbocycles. The SMILES string of the molecule is C#CCN(CCS(N)(=O)=O)CC(=O)O. The van der Waals surface area contributed by atoms with Gasteiger partial charge in [-0.15, -0.1) is 6.42 Å². The van der Waals surface area contributed by atoms with Gasteiger partial charge in [-0.25, -0.2) is 13.6 Å². The molecule has 0 saturated heterocycles. The number of nitrogens with zero attached hydrogens (tertiary/aromatic N) is 1. The standard InChI is InChI=1S/C7H12N2O4S/c1-2-3-9(6-7(10)11)4-5-14(8,12)13/h1H,3-6H2,(H,10,11)(H2,8,12,13). The number of carboxylic acids is 1. The van der Waals surface area contributed by atoms with Crippen molar-refractivity contribution in [3.8, 4) is 12.3 Å². The second-order valence-corrected chi connectivity index (χ2v) is 4.41. The van der Waals surface area contributed by atoms with Gasteiger partial charge >= 0.3 is 5.97 Å². The Balaban J connectivity index is 4.11. The predicted molar refractivity (Wildman–Crippen MR) is 50.9 cm³/mol. The van der Waals surface area contributed by atoms with Gasteiger partial charge < -0.3 is 5.11 Å². The normalized spacial score (nSPS) is 11.2. The first-order chi connectivity index (χ1) is 6.35. The fourth-order valence-corrected chi connectivity index (χ4v) is 1.30. The number of nitrogens with two attached hydrogens (primary N) is 1. The molecule has 0 aliphatic heterocycles. The van der Waals surface area contributed by atoms with Gasteiger partial charge in [0.15, 0.2) is 0 Å². The quantitative estimate of drug-likeness (QED) is 0.519. The predicted octanol–water partition coefficient (Wildman–Crippen LogP) is -1.71. The van der Waals surface area contributed by atoms with Crippen LogP contribution in [-0.2, 0) is 14.8 Å². The first kappa shape index (κ1) is 12.9. The van der Waals surface area contributed by atoms with Gasteiger partial charge in [-0.3, -0.25) is 9.69 Å². The van der Waals surface area contributed by atoms with Crippen molar-refractivity contribution < 1.29 is 18.3 Å². The van der Waals surface area contributed by atoms with E-state index in [4.69, 9.17) is 16.7 Å². The molecule has 0 aliphatic carbocycles. The van der Waals surface area contributed by atoms with Gasteiger partial charge in [0.2, 0.25) is 10.0 Å². The molecular weight excluding hydrogens is 208 g/mol. The number of carbonyl (C=O) groups is 1. The molecule has 0 heterocycles. The Hall–Kier alpha value is -1.10. The van der Waals surface area contributed by atoms with Crippen LogP contribution < -0.4 is 5.14 Å². The molecule has 14 heavy (non-hydrogen) atoms. The van der Waals surface area contributed by atoms with E-state index >= 15 is 0 Å². The molecule has 0 bridgehead atoms. The maximum Gasteiger partial charge on any atom is 0.317 e. The highest BCUT2D eigenvalue weighted by Crippen LogP contribution is 1.89. The van der Waals surface area contributed by atoms with Crippen LogP contribution in [0.1, 0.15) is 0 Å². The van der Waals surface area contributed by atoms with Gasteiger partial charge in [0, 0.05) is 6.54 Å². The summed E-state index contributed by atoms with van der Waals surface area (Å²) in [6.07, 6.45) is 4.98. The smallest absolute Gasteiger partial charge is 0.317 e. The van der Waals surface area contributed by atoms with E-state index in [2.05, 4.69) is 5.92 Å². The molecule has 0 unspecified atom stereocenters. The summed E-state index contributed by atoms with van der Waals surface area (Å²) >= 11 is 0. The average molecular weight is 220 g/mol. The van der Waals surface area contributed by atoms with Crippen LogP contribution in [0.25, 0.3) is 0 Å². The molecule has 0 atom stereocenters. The monoisotopic (exact) mass is 220 g/mol. The third-order valence-electron chi connectivity index (χ3n) is 1.37. The van der Waals surface area contributed by atoms with Gasteiger partial charge in [-0.2, -0.15) is 0 Å². The van der Waals surface area contributed by atoms with Crippen LogP contribution in [0.3, 0.4) is 0 Å². The lowest BCUT2D eigenvalue weighted by molar-refractivity contribution is -0.138. The topological polar surface area (TPSA) is 101 Å². The summed E-state index contributed by atoms with van der Waals surface area (Å²) in [5.41, 5.74) is 0. The van der Waals surface area contributed by atoms with E-state index in [9.17, 15) is 13.2 Å².